The van der Waals surface area contributed by atoms with Crippen molar-refractivity contribution < 1.29 is 55.2 Å². The topological polar surface area (TPSA) is 118 Å². The Hall–Kier alpha value is -1.90. The van der Waals surface area contributed by atoms with E-state index < -0.39 is 53.2 Å². The van der Waals surface area contributed by atoms with Crippen molar-refractivity contribution in [3.63, 3.8) is 0 Å². The second-order valence-corrected chi connectivity index (χ2v) is 15.2. The van der Waals surface area contributed by atoms with E-state index in [4.69, 9.17) is 0 Å². The number of rotatable bonds is 6. The molecule has 0 spiro atoms. The van der Waals surface area contributed by atoms with Gasteiger partial charge in [0.05, 0.1) is 9.79 Å². The van der Waals surface area contributed by atoms with Gasteiger partial charge in [0.1, 0.15) is 22.0 Å². The van der Waals surface area contributed by atoms with Crippen LogP contribution in [-0.4, -0.2) is 71.1 Å². The minimum absolute atomic E-state index is 0.925. The molecule has 4 rings (SSSR count). The Morgan fingerprint density at radius 3 is 1.07 bits per heavy atom. The van der Waals surface area contributed by atoms with Gasteiger partial charge in [-0.15, -0.1) is 3.63 Å². The van der Waals surface area contributed by atoms with Crippen LogP contribution in [0.15, 0.2) is 70.5 Å². The lowest BCUT2D eigenvalue weighted by Crippen LogP contribution is -2.34. The summed E-state index contributed by atoms with van der Waals surface area (Å²) in [6.07, 6.45) is 7.28. The minimum Gasteiger partial charge on any atom is -0.237 e. The summed E-state index contributed by atoms with van der Waals surface area (Å²) in [6.45, 7) is 3.89. The third-order valence-electron chi connectivity index (χ3n) is 5.73. The summed E-state index contributed by atoms with van der Waals surface area (Å²) in [5, 5.41) is 0. The Kier molecular flexibility index (Phi) is 14.2. The highest BCUT2D eigenvalue weighted by molar-refractivity contribution is 8.00. The van der Waals surface area contributed by atoms with Crippen molar-refractivity contribution in [3.05, 3.63) is 60.7 Å². The first-order chi connectivity index (χ1) is 20.0. The van der Waals surface area contributed by atoms with Crippen molar-refractivity contribution in [2.24, 2.45) is 0 Å². The SMILES string of the molecule is O=S(=O)(OS(=O)(=O)C(F)(F)F)C(F)(F)F.O=S(c1ccccc1)N1CCCCC1.O=S(c1ccccc1)N1CCCCC1. The predicted octanol–water partition coefficient (Wildman–Crippen LogP) is 5.09. The number of alkyl halides is 6. The van der Waals surface area contributed by atoms with Gasteiger partial charge in [-0.25, -0.2) is 17.0 Å². The number of halogens is 6. The lowest BCUT2D eigenvalue weighted by molar-refractivity contribution is -0.0585. The summed E-state index contributed by atoms with van der Waals surface area (Å²) >= 11 is 0. The van der Waals surface area contributed by atoms with Crippen LogP contribution in [0, 0.1) is 0 Å². The average Bonchev–Trinajstić information content (AvgIpc) is 2.97. The highest BCUT2D eigenvalue weighted by Crippen LogP contribution is 2.32. The zero-order valence-corrected chi connectivity index (χ0v) is 25.8. The van der Waals surface area contributed by atoms with Crippen molar-refractivity contribution in [2.45, 2.75) is 59.3 Å². The molecule has 0 aliphatic carbocycles. The second kappa shape index (κ2) is 16.4. The number of nitrogens with zero attached hydrogens (tertiary/aromatic N) is 2. The molecule has 2 aromatic rings. The lowest BCUT2D eigenvalue weighted by atomic mass is 10.2. The fraction of sp³-hybridized carbons (Fsp3) is 0.500. The molecular weight excluding hydrogens is 671 g/mol. The van der Waals surface area contributed by atoms with E-state index in [2.05, 4.69) is 8.61 Å². The van der Waals surface area contributed by atoms with Crippen LogP contribution >= 0.6 is 0 Å². The van der Waals surface area contributed by atoms with E-state index >= 15 is 0 Å². The Balaban J connectivity index is 0.000000225. The van der Waals surface area contributed by atoms with Gasteiger partial charge in [-0.3, -0.25) is 0 Å². The van der Waals surface area contributed by atoms with Crippen molar-refractivity contribution in [1.82, 2.24) is 8.61 Å². The van der Waals surface area contributed by atoms with Crippen LogP contribution < -0.4 is 0 Å². The maximum Gasteiger partial charge on any atom is 0.524 e. The van der Waals surface area contributed by atoms with Gasteiger partial charge in [-0.2, -0.15) is 43.2 Å². The fourth-order valence-corrected chi connectivity index (χ4v) is 7.74. The molecule has 43 heavy (non-hydrogen) atoms. The summed E-state index contributed by atoms with van der Waals surface area (Å²) < 4.78 is 138. The molecule has 2 aliphatic rings. The predicted molar refractivity (Wildman–Crippen MR) is 148 cm³/mol. The van der Waals surface area contributed by atoms with Gasteiger partial charge in [0.25, 0.3) is 0 Å². The van der Waals surface area contributed by atoms with Gasteiger partial charge in [0.2, 0.25) is 0 Å². The van der Waals surface area contributed by atoms with Crippen LogP contribution in [0.1, 0.15) is 38.5 Å². The third-order valence-corrected chi connectivity index (χ3v) is 11.3. The summed E-state index contributed by atoms with van der Waals surface area (Å²) in [6, 6.07) is 19.4. The van der Waals surface area contributed by atoms with E-state index in [1.807, 2.05) is 64.3 Å². The maximum atomic E-state index is 12.0. The monoisotopic (exact) mass is 700 g/mol. The Bertz CT molecular complexity index is 1290. The van der Waals surface area contributed by atoms with E-state index in [0.717, 1.165) is 36.0 Å². The molecule has 2 heterocycles. The van der Waals surface area contributed by atoms with E-state index in [-0.39, 0.29) is 0 Å². The molecule has 2 saturated heterocycles. The molecule has 19 heteroatoms. The van der Waals surface area contributed by atoms with Crippen LogP contribution in [0.4, 0.5) is 26.3 Å². The van der Waals surface area contributed by atoms with Gasteiger partial charge in [-0.05, 0) is 49.9 Å². The van der Waals surface area contributed by atoms with E-state index in [1.165, 1.54) is 38.5 Å². The van der Waals surface area contributed by atoms with E-state index in [0.29, 0.717) is 0 Å². The molecule has 9 nitrogen and oxygen atoms in total. The van der Waals surface area contributed by atoms with Gasteiger partial charge in [0, 0.05) is 26.2 Å². The molecule has 2 fully saturated rings. The third kappa shape index (κ3) is 11.8. The van der Waals surface area contributed by atoms with Crippen LogP contribution in [0.5, 0.6) is 0 Å². The summed E-state index contributed by atoms with van der Waals surface area (Å²) in [4.78, 5) is 1.85. The van der Waals surface area contributed by atoms with Crippen LogP contribution in [-0.2, 0) is 45.8 Å². The molecule has 0 saturated carbocycles. The summed E-state index contributed by atoms with van der Waals surface area (Å²) in [5.41, 5.74) is -12.5. The normalized spacial score (nSPS) is 18.7. The van der Waals surface area contributed by atoms with Gasteiger partial charge >= 0.3 is 31.3 Å². The Morgan fingerprint density at radius 1 is 0.535 bits per heavy atom. The van der Waals surface area contributed by atoms with Crippen molar-refractivity contribution >= 4 is 42.2 Å². The van der Waals surface area contributed by atoms with Crippen molar-refractivity contribution in [2.75, 3.05) is 26.2 Å². The molecule has 0 radical (unpaired) electrons. The van der Waals surface area contributed by atoms with Crippen molar-refractivity contribution in [3.8, 4) is 0 Å². The van der Waals surface area contributed by atoms with Crippen molar-refractivity contribution in [1.29, 1.82) is 0 Å². The standard InChI is InChI=1S/2C11H15NOS.C2F6O5S2/c2*13-14(11-7-3-1-4-8-11)12-9-5-2-6-10-12;3-1(4,5)14(9,10)13-15(11,12)2(6,7)8/h2*1,3-4,7-8H,2,5-6,9-10H2;. The molecule has 2 atom stereocenters. The number of hydrogen-bond acceptors (Lipinski definition) is 7. The molecule has 0 N–H and O–H groups in total. The van der Waals surface area contributed by atoms with Gasteiger partial charge in [-0.1, -0.05) is 49.2 Å². The highest BCUT2D eigenvalue weighted by Gasteiger charge is 2.57. The second-order valence-electron chi connectivity index (χ2n) is 8.97. The summed E-state index contributed by atoms with van der Waals surface area (Å²) in [7, 11) is -15.6. The zero-order valence-electron chi connectivity index (χ0n) is 22.5. The minimum atomic E-state index is -6.85. The van der Waals surface area contributed by atoms with E-state index in [9.17, 15) is 51.6 Å². The van der Waals surface area contributed by atoms with Crippen LogP contribution in [0.25, 0.3) is 0 Å². The first kappa shape index (κ1) is 37.3. The van der Waals surface area contributed by atoms with Gasteiger partial charge < -0.3 is 0 Å². The van der Waals surface area contributed by atoms with Gasteiger partial charge in [0.15, 0.2) is 0 Å². The Morgan fingerprint density at radius 2 is 0.814 bits per heavy atom. The highest BCUT2D eigenvalue weighted by atomic mass is 32.3. The molecule has 2 aromatic carbocycles. The van der Waals surface area contributed by atoms with E-state index in [1.54, 1.807) is 0 Å². The first-order valence-corrected chi connectivity index (χ1v) is 17.8. The smallest absolute Gasteiger partial charge is 0.237 e. The average molecular weight is 701 g/mol. The fourth-order valence-electron chi connectivity index (χ4n) is 3.63. The number of hydrogen-bond donors (Lipinski definition) is 0. The summed E-state index contributed by atoms with van der Waals surface area (Å²) in [5.74, 6) is 0. The number of piperidine rings is 2. The Labute approximate surface area is 251 Å². The van der Waals surface area contributed by atoms with Crippen LogP contribution in [0.2, 0.25) is 0 Å². The lowest BCUT2D eigenvalue weighted by Gasteiger charge is -2.24. The molecular formula is C24H30F6N2O7S4. The molecule has 0 aromatic heterocycles. The maximum absolute atomic E-state index is 12.0. The number of benzene rings is 2. The largest absolute Gasteiger partial charge is 0.524 e. The van der Waals surface area contributed by atoms with Crippen LogP contribution in [0.3, 0.4) is 0 Å². The molecule has 0 bridgehead atoms. The first-order valence-electron chi connectivity index (χ1n) is 12.7. The molecule has 2 aliphatic heterocycles. The molecule has 2 unspecified atom stereocenters. The molecule has 244 valence electrons. The quantitative estimate of drug-likeness (QED) is 0.304. The molecule has 0 amide bonds. The zero-order chi connectivity index (χ0) is 32.3.